The van der Waals surface area contributed by atoms with Crippen LogP contribution in [0.15, 0.2) is 18.2 Å². The second kappa shape index (κ2) is 7.33. The summed E-state index contributed by atoms with van der Waals surface area (Å²) in [5, 5.41) is 10.8. The predicted molar refractivity (Wildman–Crippen MR) is 75.8 cm³/mol. The number of amides is 1. The number of rotatable bonds is 5. The van der Waals surface area contributed by atoms with Crippen LogP contribution in [0.3, 0.4) is 0 Å². The van der Waals surface area contributed by atoms with Crippen LogP contribution in [0.1, 0.15) is 17.5 Å². The SMILES string of the molecule is CSCC[C@@H](N)C(=O)Nc1ccc(C#N)cc1C(F)(F)F. The van der Waals surface area contributed by atoms with Crippen molar-refractivity contribution < 1.29 is 18.0 Å². The van der Waals surface area contributed by atoms with E-state index < -0.39 is 29.4 Å². The Morgan fingerprint density at radius 3 is 2.71 bits per heavy atom. The van der Waals surface area contributed by atoms with Gasteiger partial charge in [0.15, 0.2) is 0 Å². The number of halogens is 3. The van der Waals surface area contributed by atoms with Gasteiger partial charge in [-0.2, -0.15) is 30.2 Å². The number of nitrogens with zero attached hydrogens (tertiary/aromatic N) is 1. The zero-order valence-corrected chi connectivity index (χ0v) is 12.0. The second-order valence-corrected chi connectivity index (χ2v) is 5.23. The summed E-state index contributed by atoms with van der Waals surface area (Å²) in [6, 6.07) is 3.71. The molecule has 1 aromatic carbocycles. The third kappa shape index (κ3) is 4.95. The number of carbonyl (C=O) groups is 1. The Kier molecular flexibility index (Phi) is 6.05. The number of benzene rings is 1. The van der Waals surface area contributed by atoms with Gasteiger partial charge in [-0.05, 0) is 36.6 Å². The van der Waals surface area contributed by atoms with Gasteiger partial charge in [-0.3, -0.25) is 4.79 Å². The van der Waals surface area contributed by atoms with E-state index in [9.17, 15) is 18.0 Å². The highest BCUT2D eigenvalue weighted by Crippen LogP contribution is 2.35. The molecule has 0 aromatic heterocycles. The summed E-state index contributed by atoms with van der Waals surface area (Å²) in [6.07, 6.45) is -2.46. The lowest BCUT2D eigenvalue weighted by Crippen LogP contribution is -2.36. The number of alkyl halides is 3. The molecule has 1 aromatic rings. The average molecular weight is 317 g/mol. The van der Waals surface area contributed by atoms with E-state index >= 15 is 0 Å². The number of nitrogens with one attached hydrogen (secondary N) is 1. The van der Waals surface area contributed by atoms with Gasteiger partial charge in [0.25, 0.3) is 0 Å². The molecule has 0 radical (unpaired) electrons. The number of nitriles is 1. The molecule has 0 aliphatic heterocycles. The first kappa shape index (κ1) is 17.3. The normalized spacial score (nSPS) is 12.6. The van der Waals surface area contributed by atoms with E-state index in [-0.39, 0.29) is 5.56 Å². The maximum atomic E-state index is 12.9. The van der Waals surface area contributed by atoms with Crippen molar-refractivity contribution in [3.05, 3.63) is 29.3 Å². The Labute approximate surface area is 124 Å². The van der Waals surface area contributed by atoms with Crippen molar-refractivity contribution in [2.24, 2.45) is 5.73 Å². The topological polar surface area (TPSA) is 78.9 Å². The molecule has 3 N–H and O–H groups in total. The van der Waals surface area contributed by atoms with Crippen molar-refractivity contribution in [1.82, 2.24) is 0 Å². The van der Waals surface area contributed by atoms with Crippen LogP contribution in [0.25, 0.3) is 0 Å². The van der Waals surface area contributed by atoms with Crippen LogP contribution in [-0.2, 0) is 11.0 Å². The van der Waals surface area contributed by atoms with Gasteiger partial charge >= 0.3 is 6.18 Å². The van der Waals surface area contributed by atoms with Crippen molar-refractivity contribution in [1.29, 1.82) is 5.26 Å². The minimum Gasteiger partial charge on any atom is -0.324 e. The van der Waals surface area contributed by atoms with Gasteiger partial charge in [-0.1, -0.05) is 0 Å². The van der Waals surface area contributed by atoms with Crippen LogP contribution in [0.5, 0.6) is 0 Å². The molecule has 8 heteroatoms. The molecule has 114 valence electrons. The number of carbonyl (C=O) groups excluding carboxylic acids is 1. The molecule has 1 rings (SSSR count). The summed E-state index contributed by atoms with van der Waals surface area (Å²) in [6.45, 7) is 0. The van der Waals surface area contributed by atoms with Gasteiger partial charge < -0.3 is 11.1 Å². The van der Waals surface area contributed by atoms with E-state index in [1.54, 1.807) is 6.07 Å². The fourth-order valence-electron chi connectivity index (χ4n) is 1.56. The number of hydrogen-bond donors (Lipinski definition) is 2. The molecular formula is C13H14F3N3OS. The Bertz CT molecular complexity index is 555. The van der Waals surface area contributed by atoms with Crippen LogP contribution in [0.4, 0.5) is 18.9 Å². The summed E-state index contributed by atoms with van der Waals surface area (Å²) in [5.74, 6) is -0.0482. The molecule has 0 saturated heterocycles. The average Bonchev–Trinajstić information content (AvgIpc) is 2.43. The molecule has 21 heavy (non-hydrogen) atoms. The van der Waals surface area contributed by atoms with E-state index in [0.717, 1.165) is 6.07 Å². The Balaban J connectivity index is 2.98. The van der Waals surface area contributed by atoms with Crippen LogP contribution in [0, 0.1) is 11.3 Å². The summed E-state index contributed by atoms with van der Waals surface area (Å²) < 4.78 is 38.8. The van der Waals surface area contributed by atoms with Crippen molar-refractivity contribution in [3.8, 4) is 6.07 Å². The molecular weight excluding hydrogens is 303 g/mol. The molecule has 0 spiro atoms. The first-order valence-electron chi connectivity index (χ1n) is 5.96. The monoisotopic (exact) mass is 317 g/mol. The largest absolute Gasteiger partial charge is 0.418 e. The van der Waals surface area contributed by atoms with Crippen molar-refractivity contribution in [2.75, 3.05) is 17.3 Å². The highest BCUT2D eigenvalue weighted by molar-refractivity contribution is 7.98. The fourth-order valence-corrected chi connectivity index (χ4v) is 2.05. The van der Waals surface area contributed by atoms with E-state index in [1.807, 2.05) is 6.26 Å². The third-order valence-electron chi connectivity index (χ3n) is 2.68. The molecule has 0 unspecified atom stereocenters. The maximum Gasteiger partial charge on any atom is 0.418 e. The van der Waals surface area contributed by atoms with Crippen LogP contribution in [-0.4, -0.2) is 24.0 Å². The molecule has 0 heterocycles. The molecule has 0 saturated carbocycles. The lowest BCUT2D eigenvalue weighted by molar-refractivity contribution is -0.137. The number of nitrogens with two attached hydrogens (primary N) is 1. The summed E-state index contributed by atoms with van der Waals surface area (Å²) in [7, 11) is 0. The van der Waals surface area contributed by atoms with Gasteiger partial charge in [0, 0.05) is 0 Å². The molecule has 0 fully saturated rings. The fraction of sp³-hybridized carbons (Fsp3) is 0.385. The zero-order valence-electron chi connectivity index (χ0n) is 11.2. The molecule has 1 amide bonds. The van der Waals surface area contributed by atoms with Crippen LogP contribution in [0.2, 0.25) is 0 Å². The number of anilines is 1. The molecule has 0 aliphatic rings. The third-order valence-corrected chi connectivity index (χ3v) is 3.33. The highest BCUT2D eigenvalue weighted by Gasteiger charge is 2.34. The zero-order chi connectivity index (χ0) is 16.0. The smallest absolute Gasteiger partial charge is 0.324 e. The highest BCUT2D eigenvalue weighted by atomic mass is 32.2. The quantitative estimate of drug-likeness (QED) is 0.875. The van der Waals surface area contributed by atoms with Gasteiger partial charge in [0.2, 0.25) is 5.91 Å². The molecule has 0 aliphatic carbocycles. The van der Waals surface area contributed by atoms with Gasteiger partial charge in [0.1, 0.15) is 0 Å². The number of thioether (sulfide) groups is 1. The van der Waals surface area contributed by atoms with E-state index in [0.29, 0.717) is 18.2 Å². The van der Waals surface area contributed by atoms with Crippen LogP contribution >= 0.6 is 11.8 Å². The van der Waals surface area contributed by atoms with Crippen LogP contribution < -0.4 is 11.1 Å². The first-order valence-corrected chi connectivity index (χ1v) is 7.35. The second-order valence-electron chi connectivity index (χ2n) is 4.25. The van der Waals surface area contributed by atoms with Gasteiger partial charge in [0.05, 0.1) is 28.9 Å². The van der Waals surface area contributed by atoms with Crippen molar-refractivity contribution in [3.63, 3.8) is 0 Å². The van der Waals surface area contributed by atoms with Gasteiger partial charge in [-0.25, -0.2) is 0 Å². The van der Waals surface area contributed by atoms with Crippen molar-refractivity contribution in [2.45, 2.75) is 18.6 Å². The lowest BCUT2D eigenvalue weighted by atomic mass is 10.1. The molecule has 4 nitrogen and oxygen atoms in total. The summed E-state index contributed by atoms with van der Waals surface area (Å²) >= 11 is 1.49. The Morgan fingerprint density at radius 1 is 1.52 bits per heavy atom. The predicted octanol–water partition coefficient (Wildman–Crippen LogP) is 2.60. The summed E-state index contributed by atoms with van der Waals surface area (Å²) in [5.41, 5.74) is 4.01. The minimum absolute atomic E-state index is 0.132. The maximum absolute atomic E-state index is 12.9. The minimum atomic E-state index is -4.67. The Hall–Kier alpha value is -1.72. The van der Waals surface area contributed by atoms with Gasteiger partial charge in [-0.15, -0.1) is 0 Å². The Morgan fingerprint density at radius 2 is 2.19 bits per heavy atom. The van der Waals surface area contributed by atoms with E-state index in [1.165, 1.54) is 17.8 Å². The lowest BCUT2D eigenvalue weighted by Gasteiger charge is -2.16. The molecule has 1 atom stereocenters. The summed E-state index contributed by atoms with van der Waals surface area (Å²) in [4.78, 5) is 11.8. The molecule has 0 bridgehead atoms. The number of hydrogen-bond acceptors (Lipinski definition) is 4. The standard InChI is InChI=1S/C13H14F3N3OS/c1-21-5-4-10(18)12(20)19-11-3-2-8(7-17)6-9(11)13(14,15)16/h2-3,6,10H,4-5,18H2,1H3,(H,19,20)/t10-/m1/s1. The van der Waals surface area contributed by atoms with E-state index in [2.05, 4.69) is 5.32 Å². The van der Waals surface area contributed by atoms with E-state index in [4.69, 9.17) is 11.0 Å². The first-order chi connectivity index (χ1) is 9.79. The van der Waals surface area contributed by atoms with Crippen molar-refractivity contribution >= 4 is 23.4 Å².